The lowest BCUT2D eigenvalue weighted by Gasteiger charge is -2.18. The van der Waals surface area contributed by atoms with Crippen LogP contribution in [0.25, 0.3) is 0 Å². The molecule has 1 atom stereocenters. The van der Waals surface area contributed by atoms with E-state index in [2.05, 4.69) is 18.4 Å². The van der Waals surface area contributed by atoms with Gasteiger partial charge >= 0.3 is 19.8 Å². The van der Waals surface area contributed by atoms with Crippen molar-refractivity contribution in [3.05, 3.63) is 48.6 Å². The Bertz CT molecular complexity index is 949. The van der Waals surface area contributed by atoms with Crippen LogP contribution in [0.5, 0.6) is 0 Å². The van der Waals surface area contributed by atoms with Crippen LogP contribution in [-0.4, -0.2) is 46.8 Å². The maximum Gasteiger partial charge on any atom is 0.469 e. The number of esters is 2. The number of allylic oxidation sites excluding steroid dienone is 8. The number of unbranched alkanes of at least 4 members (excludes halogenated alkanes) is 12. The predicted octanol–water partition coefficient (Wildman–Crippen LogP) is 9.19. The van der Waals surface area contributed by atoms with E-state index >= 15 is 0 Å². The minimum Gasteiger partial charge on any atom is -0.462 e. The van der Waals surface area contributed by atoms with Gasteiger partial charge in [-0.25, -0.2) is 4.57 Å². The highest BCUT2D eigenvalue weighted by Crippen LogP contribution is 2.35. The summed E-state index contributed by atoms with van der Waals surface area (Å²) < 4.78 is 26.1. The minimum absolute atomic E-state index is 0.110. The van der Waals surface area contributed by atoms with Crippen molar-refractivity contribution in [2.75, 3.05) is 13.2 Å². The van der Waals surface area contributed by atoms with Gasteiger partial charge in [0.05, 0.1) is 6.61 Å². The average molecular weight is 669 g/mol. The van der Waals surface area contributed by atoms with Crippen LogP contribution in [0.3, 0.4) is 0 Å². The van der Waals surface area contributed by atoms with E-state index < -0.39 is 32.5 Å². The van der Waals surface area contributed by atoms with Crippen molar-refractivity contribution in [2.45, 2.75) is 148 Å². The van der Waals surface area contributed by atoms with Crippen LogP contribution in [0, 0.1) is 0 Å². The second kappa shape index (κ2) is 31.3. The Morgan fingerprint density at radius 1 is 0.630 bits per heavy atom. The quantitative estimate of drug-likeness (QED) is 0.0185. The number of ketones is 1. The number of phosphoric acid groups is 1. The molecule has 0 aliphatic heterocycles. The van der Waals surface area contributed by atoms with E-state index in [9.17, 15) is 18.9 Å². The van der Waals surface area contributed by atoms with Crippen molar-refractivity contribution in [1.29, 1.82) is 0 Å². The molecule has 9 nitrogen and oxygen atoms in total. The van der Waals surface area contributed by atoms with Crippen molar-refractivity contribution < 1.29 is 42.7 Å². The normalized spacial score (nSPS) is 13.0. The fourth-order valence-electron chi connectivity index (χ4n) is 4.44. The maximum atomic E-state index is 12.3. The van der Waals surface area contributed by atoms with E-state index in [1.165, 1.54) is 38.5 Å². The SMILES string of the molecule is CCCCCCCCCCCCC(=O)OC[C@H](COP(=O)(O)O)OC(=O)CCC/C=C\C/C=C\C/C=C\C=C\C(=O)CCCCC. The van der Waals surface area contributed by atoms with Gasteiger partial charge in [-0.2, -0.15) is 0 Å². The van der Waals surface area contributed by atoms with E-state index in [1.807, 2.05) is 36.5 Å². The van der Waals surface area contributed by atoms with Crippen molar-refractivity contribution >= 4 is 25.5 Å². The van der Waals surface area contributed by atoms with Gasteiger partial charge in [-0.1, -0.05) is 127 Å². The lowest BCUT2D eigenvalue weighted by molar-refractivity contribution is -0.161. The average Bonchev–Trinajstić information content (AvgIpc) is 3.01. The molecule has 2 N–H and O–H groups in total. The fraction of sp³-hybridized carbons (Fsp3) is 0.694. The summed E-state index contributed by atoms with van der Waals surface area (Å²) in [4.78, 5) is 54.1. The molecule has 0 heterocycles. The number of hydrogen-bond donors (Lipinski definition) is 2. The van der Waals surface area contributed by atoms with Crippen LogP contribution in [-0.2, 0) is 32.9 Å². The number of phosphoric ester groups is 1. The van der Waals surface area contributed by atoms with Crippen molar-refractivity contribution in [2.24, 2.45) is 0 Å². The lowest BCUT2D eigenvalue weighted by atomic mass is 10.1. The largest absolute Gasteiger partial charge is 0.469 e. The van der Waals surface area contributed by atoms with Gasteiger partial charge in [0.25, 0.3) is 0 Å². The first kappa shape index (κ1) is 43.7. The van der Waals surface area contributed by atoms with E-state index in [-0.39, 0.29) is 25.2 Å². The van der Waals surface area contributed by atoms with Gasteiger partial charge in [0.1, 0.15) is 6.61 Å². The van der Waals surface area contributed by atoms with Crippen LogP contribution in [0.1, 0.15) is 142 Å². The van der Waals surface area contributed by atoms with Crippen LogP contribution in [0.4, 0.5) is 0 Å². The molecule has 0 amide bonds. The van der Waals surface area contributed by atoms with Gasteiger partial charge in [0.2, 0.25) is 0 Å². The second-order valence-electron chi connectivity index (χ2n) is 11.5. The molecule has 264 valence electrons. The Morgan fingerprint density at radius 2 is 1.17 bits per heavy atom. The molecule has 0 radical (unpaired) electrons. The molecular formula is C36H61O9P. The number of ether oxygens (including phenoxy) is 2. The molecular weight excluding hydrogens is 607 g/mol. The zero-order valence-corrected chi connectivity index (χ0v) is 29.3. The number of carbonyl (C=O) groups is 3. The summed E-state index contributed by atoms with van der Waals surface area (Å²) in [5, 5.41) is 0. The second-order valence-corrected chi connectivity index (χ2v) is 12.8. The number of carbonyl (C=O) groups excluding carboxylic acids is 3. The van der Waals surface area contributed by atoms with Crippen LogP contribution < -0.4 is 0 Å². The third-order valence-corrected chi connectivity index (χ3v) is 7.56. The van der Waals surface area contributed by atoms with Gasteiger partial charge < -0.3 is 19.3 Å². The fourth-order valence-corrected chi connectivity index (χ4v) is 4.80. The first-order chi connectivity index (χ1) is 22.2. The van der Waals surface area contributed by atoms with Crippen molar-refractivity contribution in [1.82, 2.24) is 0 Å². The molecule has 0 rings (SSSR count). The van der Waals surface area contributed by atoms with Gasteiger partial charge in [-0.15, -0.1) is 0 Å². The summed E-state index contributed by atoms with van der Waals surface area (Å²) >= 11 is 0. The molecule has 0 bridgehead atoms. The summed E-state index contributed by atoms with van der Waals surface area (Å²) in [5.74, 6) is -0.827. The maximum absolute atomic E-state index is 12.3. The summed E-state index contributed by atoms with van der Waals surface area (Å²) in [6.07, 6.45) is 32.6. The van der Waals surface area contributed by atoms with Crippen LogP contribution in [0.2, 0.25) is 0 Å². The van der Waals surface area contributed by atoms with Crippen molar-refractivity contribution in [3.63, 3.8) is 0 Å². The smallest absolute Gasteiger partial charge is 0.462 e. The third kappa shape index (κ3) is 33.1. The van der Waals surface area contributed by atoms with Gasteiger partial charge in [0, 0.05) is 19.3 Å². The highest BCUT2D eigenvalue weighted by Gasteiger charge is 2.22. The van der Waals surface area contributed by atoms with E-state index in [0.29, 0.717) is 25.7 Å². The highest BCUT2D eigenvalue weighted by atomic mass is 31.2. The monoisotopic (exact) mass is 668 g/mol. The Labute approximate surface area is 278 Å². The van der Waals surface area contributed by atoms with Gasteiger partial charge in [-0.3, -0.25) is 18.9 Å². The van der Waals surface area contributed by atoms with Crippen molar-refractivity contribution in [3.8, 4) is 0 Å². The summed E-state index contributed by atoms with van der Waals surface area (Å²) in [6, 6.07) is 0. The highest BCUT2D eigenvalue weighted by molar-refractivity contribution is 7.46. The molecule has 46 heavy (non-hydrogen) atoms. The molecule has 10 heteroatoms. The standard InChI is InChI=1S/C36H61O9P/c1-3-5-7-8-9-10-15-18-21-25-29-35(38)43-31-34(32-44-46(40,41)42)45-36(39)30-26-22-19-16-13-11-12-14-17-20-24-28-33(37)27-23-6-4-2/h11-12,16-17,19-20,24,28,34H,3-10,13-15,18,21-23,25-27,29-32H2,1-2H3,(H2,40,41,42)/b12-11-,19-16-,20-17-,28-24+/t34-/m1/s1. The topological polar surface area (TPSA) is 136 Å². The molecule has 0 aromatic rings. The third-order valence-electron chi connectivity index (χ3n) is 7.08. The zero-order valence-electron chi connectivity index (χ0n) is 28.5. The Hall–Kier alpha value is -2.32. The van der Waals surface area contributed by atoms with E-state index in [0.717, 1.165) is 51.4 Å². The molecule has 0 unspecified atom stereocenters. The van der Waals surface area contributed by atoms with Crippen LogP contribution >= 0.6 is 7.82 Å². The Morgan fingerprint density at radius 3 is 1.83 bits per heavy atom. The molecule has 0 aliphatic carbocycles. The Balaban J connectivity index is 4.18. The van der Waals surface area contributed by atoms with Gasteiger partial charge in [0.15, 0.2) is 11.9 Å². The first-order valence-corrected chi connectivity index (χ1v) is 18.9. The molecule has 0 aromatic heterocycles. The lowest BCUT2D eigenvalue weighted by Crippen LogP contribution is -2.29. The molecule has 0 saturated carbocycles. The Kier molecular flexibility index (Phi) is 29.7. The van der Waals surface area contributed by atoms with E-state index in [1.54, 1.807) is 12.2 Å². The van der Waals surface area contributed by atoms with E-state index in [4.69, 9.17) is 19.3 Å². The molecule has 0 spiro atoms. The molecule has 0 fully saturated rings. The minimum atomic E-state index is -4.77. The zero-order chi connectivity index (χ0) is 34.1. The number of hydrogen-bond acceptors (Lipinski definition) is 7. The number of rotatable bonds is 31. The van der Waals surface area contributed by atoms with Crippen LogP contribution in [0.15, 0.2) is 48.6 Å². The summed E-state index contributed by atoms with van der Waals surface area (Å²) in [5.41, 5.74) is 0. The summed E-state index contributed by atoms with van der Waals surface area (Å²) in [7, 11) is -4.77. The molecule has 0 aliphatic rings. The molecule has 0 aromatic carbocycles. The predicted molar refractivity (Wildman–Crippen MR) is 184 cm³/mol. The van der Waals surface area contributed by atoms with Gasteiger partial charge in [-0.05, 0) is 44.6 Å². The first-order valence-electron chi connectivity index (χ1n) is 17.4. The summed E-state index contributed by atoms with van der Waals surface area (Å²) in [6.45, 7) is 3.43. The molecule has 0 saturated heterocycles.